The number of benzene rings is 1. The van der Waals surface area contributed by atoms with Crippen molar-refractivity contribution < 1.29 is 14.3 Å². The fraction of sp³-hybridized carbons (Fsp3) is 0.357. The number of carbonyl (C=O) groups is 1. The van der Waals surface area contributed by atoms with E-state index in [9.17, 15) is 14.3 Å². The predicted octanol–water partition coefficient (Wildman–Crippen LogP) is 0.585. The Morgan fingerprint density at radius 2 is 2.24 bits per heavy atom. The summed E-state index contributed by atoms with van der Waals surface area (Å²) in [6.45, 7) is 0.656. The maximum atomic E-state index is 13.5. The maximum Gasteiger partial charge on any atom is 0.251 e. The average Bonchev–Trinajstić information content (AvgIpc) is 2.46. The summed E-state index contributed by atoms with van der Waals surface area (Å²) in [4.78, 5) is 21.4. The first-order chi connectivity index (χ1) is 9.99. The Labute approximate surface area is 120 Å². The summed E-state index contributed by atoms with van der Waals surface area (Å²) in [5.41, 5.74) is 4.30. The molecule has 2 aromatic rings. The Hall–Kier alpha value is -2.28. The number of β-amino-alcohol motifs (C(OH)–C–C–N with tert-alkyl or cyclic N) is 1. The third-order valence-corrected chi connectivity index (χ3v) is 3.81. The van der Waals surface area contributed by atoms with Crippen LogP contribution in [0.4, 0.5) is 10.2 Å². The number of anilines is 1. The van der Waals surface area contributed by atoms with E-state index in [1.807, 2.05) is 0 Å². The molecule has 0 aliphatic carbocycles. The normalized spacial score (nSPS) is 22.5. The van der Waals surface area contributed by atoms with Gasteiger partial charge in [0.15, 0.2) is 5.60 Å². The second-order valence-corrected chi connectivity index (χ2v) is 5.28. The summed E-state index contributed by atoms with van der Waals surface area (Å²) < 4.78 is 13.5. The first-order valence-electron chi connectivity index (χ1n) is 6.67. The lowest BCUT2D eigenvalue weighted by Crippen LogP contribution is -2.56. The lowest BCUT2D eigenvalue weighted by Gasteiger charge is -2.37. The van der Waals surface area contributed by atoms with Crippen molar-refractivity contribution in [2.24, 2.45) is 5.73 Å². The Balaban J connectivity index is 2.04. The van der Waals surface area contributed by atoms with Gasteiger partial charge in [-0.3, -0.25) is 4.79 Å². The summed E-state index contributed by atoms with van der Waals surface area (Å²) in [5, 5.41) is 10.8. The maximum absolute atomic E-state index is 13.5. The van der Waals surface area contributed by atoms with Crippen LogP contribution in [-0.4, -0.2) is 39.7 Å². The minimum atomic E-state index is -1.58. The van der Waals surface area contributed by atoms with Crippen molar-refractivity contribution >= 4 is 22.6 Å². The first kappa shape index (κ1) is 13.7. The number of fused-ring (bicyclic) bond motifs is 1. The van der Waals surface area contributed by atoms with E-state index in [0.29, 0.717) is 36.1 Å². The molecule has 1 aliphatic heterocycles. The Bertz CT molecular complexity index is 708. The molecule has 1 amide bonds. The van der Waals surface area contributed by atoms with Crippen molar-refractivity contribution in [3.05, 3.63) is 30.3 Å². The van der Waals surface area contributed by atoms with Crippen LogP contribution in [0.2, 0.25) is 0 Å². The van der Waals surface area contributed by atoms with Gasteiger partial charge in [0.2, 0.25) is 0 Å². The molecule has 1 fully saturated rings. The highest BCUT2D eigenvalue weighted by atomic mass is 19.1. The molecule has 2 heterocycles. The molecule has 1 aromatic heterocycles. The van der Waals surface area contributed by atoms with Gasteiger partial charge in [-0.15, -0.1) is 0 Å². The number of aromatic nitrogens is 2. The number of nitrogens with zero attached hydrogens (tertiary/aromatic N) is 3. The average molecular weight is 290 g/mol. The summed E-state index contributed by atoms with van der Waals surface area (Å²) in [6, 6.07) is 4.25. The number of piperidine rings is 1. The Morgan fingerprint density at radius 1 is 1.43 bits per heavy atom. The zero-order chi connectivity index (χ0) is 15.0. The molecule has 3 rings (SSSR count). The van der Waals surface area contributed by atoms with Gasteiger partial charge in [0.1, 0.15) is 18.0 Å². The minimum Gasteiger partial charge on any atom is -0.378 e. The van der Waals surface area contributed by atoms with Gasteiger partial charge in [0.25, 0.3) is 5.91 Å². The van der Waals surface area contributed by atoms with Crippen LogP contribution in [0.15, 0.2) is 24.5 Å². The zero-order valence-electron chi connectivity index (χ0n) is 11.3. The van der Waals surface area contributed by atoms with Gasteiger partial charge in [0.05, 0.1) is 12.1 Å². The molecule has 1 atom stereocenters. The van der Waals surface area contributed by atoms with E-state index in [1.54, 1.807) is 11.0 Å². The van der Waals surface area contributed by atoms with Gasteiger partial charge in [-0.2, -0.15) is 0 Å². The SMILES string of the molecule is NC(=O)[C@@]1(O)CCCN(c2ncnc3ccc(F)cc23)C1. The van der Waals surface area contributed by atoms with E-state index in [-0.39, 0.29) is 12.4 Å². The van der Waals surface area contributed by atoms with E-state index in [0.717, 1.165) is 0 Å². The second kappa shape index (κ2) is 4.92. The number of amides is 1. The predicted molar refractivity (Wildman–Crippen MR) is 75.1 cm³/mol. The van der Waals surface area contributed by atoms with E-state index in [4.69, 9.17) is 5.73 Å². The molecule has 0 saturated carbocycles. The Kier molecular flexibility index (Phi) is 3.21. The third kappa shape index (κ3) is 2.40. The lowest BCUT2D eigenvalue weighted by atomic mass is 9.92. The Morgan fingerprint density at radius 3 is 3.00 bits per heavy atom. The molecule has 21 heavy (non-hydrogen) atoms. The zero-order valence-corrected chi connectivity index (χ0v) is 11.3. The van der Waals surface area contributed by atoms with Crippen molar-refractivity contribution in [3.8, 4) is 0 Å². The van der Waals surface area contributed by atoms with Gasteiger partial charge in [-0.05, 0) is 31.0 Å². The number of hydrogen-bond donors (Lipinski definition) is 2. The van der Waals surface area contributed by atoms with Gasteiger partial charge in [-0.25, -0.2) is 14.4 Å². The number of halogens is 1. The topological polar surface area (TPSA) is 92.3 Å². The van der Waals surface area contributed by atoms with Crippen LogP contribution in [0, 0.1) is 5.82 Å². The number of carbonyl (C=O) groups excluding carboxylic acids is 1. The van der Waals surface area contributed by atoms with Crippen LogP contribution < -0.4 is 10.6 Å². The molecule has 1 aliphatic rings. The highest BCUT2D eigenvalue weighted by molar-refractivity contribution is 5.90. The van der Waals surface area contributed by atoms with Gasteiger partial charge < -0.3 is 15.7 Å². The molecule has 7 heteroatoms. The second-order valence-electron chi connectivity index (χ2n) is 5.28. The van der Waals surface area contributed by atoms with E-state index in [2.05, 4.69) is 9.97 Å². The van der Waals surface area contributed by atoms with Crippen molar-refractivity contribution in [1.29, 1.82) is 0 Å². The third-order valence-electron chi connectivity index (χ3n) is 3.81. The molecular formula is C14H15FN4O2. The number of hydrogen-bond acceptors (Lipinski definition) is 5. The largest absolute Gasteiger partial charge is 0.378 e. The monoisotopic (exact) mass is 290 g/mol. The summed E-state index contributed by atoms with van der Waals surface area (Å²) in [5.74, 6) is -0.642. The fourth-order valence-corrected chi connectivity index (χ4v) is 2.69. The van der Waals surface area contributed by atoms with Gasteiger partial charge in [0, 0.05) is 11.9 Å². The number of nitrogens with two attached hydrogens (primary N) is 1. The standard InChI is InChI=1S/C14H15FN4O2/c15-9-2-3-11-10(6-9)12(18-8-17-11)19-5-1-4-14(21,7-19)13(16)20/h2-3,6,8,21H,1,4-5,7H2,(H2,16,20)/t14-/m1/s1. The van der Waals surface area contributed by atoms with Gasteiger partial charge >= 0.3 is 0 Å². The quantitative estimate of drug-likeness (QED) is 0.844. The van der Waals surface area contributed by atoms with Crippen LogP contribution in [0.5, 0.6) is 0 Å². The van der Waals surface area contributed by atoms with Crippen molar-refractivity contribution in [3.63, 3.8) is 0 Å². The molecule has 0 radical (unpaired) electrons. The summed E-state index contributed by atoms with van der Waals surface area (Å²) >= 11 is 0. The highest BCUT2D eigenvalue weighted by Gasteiger charge is 2.39. The molecule has 6 nitrogen and oxygen atoms in total. The number of primary amides is 1. The smallest absolute Gasteiger partial charge is 0.251 e. The molecule has 1 aromatic carbocycles. The van der Waals surface area contributed by atoms with Crippen LogP contribution in [0.3, 0.4) is 0 Å². The summed E-state index contributed by atoms with van der Waals surface area (Å²) in [6.07, 6.45) is 2.30. The van der Waals surface area contributed by atoms with E-state index in [1.165, 1.54) is 18.5 Å². The highest BCUT2D eigenvalue weighted by Crippen LogP contribution is 2.29. The molecule has 3 N–H and O–H groups in total. The molecule has 0 unspecified atom stereocenters. The minimum absolute atomic E-state index is 0.0466. The van der Waals surface area contributed by atoms with Crippen LogP contribution >= 0.6 is 0 Å². The number of rotatable bonds is 2. The van der Waals surface area contributed by atoms with Crippen LogP contribution in [0.25, 0.3) is 10.9 Å². The number of aliphatic hydroxyl groups is 1. The molecular weight excluding hydrogens is 275 g/mol. The lowest BCUT2D eigenvalue weighted by molar-refractivity contribution is -0.137. The van der Waals surface area contributed by atoms with Crippen LogP contribution in [0.1, 0.15) is 12.8 Å². The molecule has 0 bridgehead atoms. The van der Waals surface area contributed by atoms with Crippen molar-refractivity contribution in [2.45, 2.75) is 18.4 Å². The van der Waals surface area contributed by atoms with Crippen molar-refractivity contribution in [2.75, 3.05) is 18.0 Å². The molecule has 110 valence electrons. The van der Waals surface area contributed by atoms with Crippen molar-refractivity contribution in [1.82, 2.24) is 9.97 Å². The van der Waals surface area contributed by atoms with Crippen LogP contribution in [-0.2, 0) is 4.79 Å². The molecule has 1 saturated heterocycles. The summed E-state index contributed by atoms with van der Waals surface area (Å²) in [7, 11) is 0. The van der Waals surface area contributed by atoms with E-state index < -0.39 is 11.5 Å². The molecule has 0 spiro atoms. The van der Waals surface area contributed by atoms with E-state index >= 15 is 0 Å². The first-order valence-corrected chi connectivity index (χ1v) is 6.67. The van der Waals surface area contributed by atoms with Gasteiger partial charge in [-0.1, -0.05) is 0 Å². The fourth-order valence-electron chi connectivity index (χ4n) is 2.69.